The first kappa shape index (κ1) is 15.6. The molecule has 3 nitrogen and oxygen atoms in total. The van der Waals surface area contributed by atoms with E-state index < -0.39 is 0 Å². The summed E-state index contributed by atoms with van der Waals surface area (Å²) in [4.78, 5) is 15.5. The van der Waals surface area contributed by atoms with Crippen LogP contribution in [0.15, 0.2) is 30.3 Å². The molecule has 0 amide bonds. The number of aromatic hydroxyl groups is 1. The number of hydrogen-bond acceptors (Lipinski definition) is 3. The van der Waals surface area contributed by atoms with Crippen LogP contribution >= 0.6 is 0 Å². The van der Waals surface area contributed by atoms with Gasteiger partial charge in [-0.2, -0.15) is 0 Å². The number of rotatable bonds is 4. The van der Waals surface area contributed by atoms with Gasteiger partial charge in [0.15, 0.2) is 5.78 Å². The molecule has 0 radical (unpaired) electrons. The van der Waals surface area contributed by atoms with Gasteiger partial charge in [-0.1, -0.05) is 18.2 Å². The maximum absolute atomic E-state index is 13.0. The first-order valence-corrected chi connectivity index (χ1v) is 9.11. The Morgan fingerprint density at radius 1 is 1.21 bits per heavy atom. The molecule has 0 aromatic heterocycles. The van der Waals surface area contributed by atoms with Gasteiger partial charge in [0.25, 0.3) is 0 Å². The van der Waals surface area contributed by atoms with Gasteiger partial charge >= 0.3 is 0 Å². The smallest absolute Gasteiger partial charge is 0.167 e. The normalized spacial score (nSPS) is 22.0. The van der Waals surface area contributed by atoms with Crippen molar-refractivity contribution in [2.75, 3.05) is 19.6 Å². The van der Waals surface area contributed by atoms with Crippen LogP contribution in [0.25, 0.3) is 10.8 Å². The minimum absolute atomic E-state index is 0.133. The van der Waals surface area contributed by atoms with E-state index in [0.29, 0.717) is 5.75 Å². The lowest BCUT2D eigenvalue weighted by molar-refractivity contribution is 0.0815. The number of carbonyl (C=O) groups excluding carboxylic acids is 1. The van der Waals surface area contributed by atoms with E-state index in [1.54, 1.807) is 6.07 Å². The van der Waals surface area contributed by atoms with Crippen LogP contribution in [-0.4, -0.2) is 35.4 Å². The predicted molar refractivity (Wildman–Crippen MR) is 96.6 cm³/mol. The number of ketones is 1. The van der Waals surface area contributed by atoms with Crippen molar-refractivity contribution in [3.8, 4) is 5.75 Å². The molecular weight excluding hydrogens is 298 g/mol. The van der Waals surface area contributed by atoms with Gasteiger partial charge < -0.3 is 10.0 Å². The zero-order chi connectivity index (χ0) is 16.7. The molecule has 4 rings (SSSR count). The molecule has 1 unspecified atom stereocenters. The number of piperidine rings is 1. The molecule has 126 valence electrons. The minimum atomic E-state index is 0.133. The number of nitrogens with zero attached hydrogens (tertiary/aromatic N) is 1. The third kappa shape index (κ3) is 3.05. The van der Waals surface area contributed by atoms with Crippen LogP contribution in [0.2, 0.25) is 0 Å². The molecule has 2 aliphatic rings. The summed E-state index contributed by atoms with van der Waals surface area (Å²) in [6.45, 7) is 5.16. The fourth-order valence-corrected chi connectivity index (χ4v) is 3.96. The van der Waals surface area contributed by atoms with Crippen molar-refractivity contribution in [1.29, 1.82) is 0 Å². The number of Topliss-reactive ketones (excluding diaryl/α,β-unsaturated/α-hetero) is 1. The van der Waals surface area contributed by atoms with Gasteiger partial charge in [-0.25, -0.2) is 0 Å². The Balaban J connectivity index is 1.54. The monoisotopic (exact) mass is 323 g/mol. The number of likely N-dealkylation sites (tertiary alicyclic amines) is 1. The highest BCUT2D eigenvalue weighted by molar-refractivity contribution is 6.02. The first-order valence-electron chi connectivity index (χ1n) is 9.11. The second-order valence-electron chi connectivity index (χ2n) is 7.55. The van der Waals surface area contributed by atoms with Gasteiger partial charge in [-0.15, -0.1) is 0 Å². The van der Waals surface area contributed by atoms with E-state index in [1.807, 2.05) is 31.2 Å². The predicted octanol–water partition coefficient (Wildman–Crippen LogP) is 4.16. The number of carbonyl (C=O) groups is 1. The zero-order valence-electron chi connectivity index (χ0n) is 14.3. The van der Waals surface area contributed by atoms with E-state index >= 15 is 0 Å². The quantitative estimate of drug-likeness (QED) is 0.859. The molecule has 2 aromatic carbocycles. The average Bonchev–Trinajstić information content (AvgIpc) is 3.41. The number of phenols is 1. The van der Waals surface area contributed by atoms with Gasteiger partial charge in [0.05, 0.1) is 0 Å². The van der Waals surface area contributed by atoms with E-state index in [1.165, 1.54) is 19.4 Å². The van der Waals surface area contributed by atoms with Gasteiger partial charge in [0, 0.05) is 24.6 Å². The maximum Gasteiger partial charge on any atom is 0.167 e. The Bertz CT molecular complexity index is 779. The summed E-state index contributed by atoms with van der Waals surface area (Å²) in [6.07, 6.45) is 4.87. The lowest BCUT2D eigenvalue weighted by atomic mass is 9.88. The topological polar surface area (TPSA) is 40.5 Å². The fraction of sp³-hybridized carbons (Fsp3) is 0.476. The lowest BCUT2D eigenvalue weighted by Gasteiger charge is -2.32. The van der Waals surface area contributed by atoms with Crippen LogP contribution in [0.1, 0.15) is 41.6 Å². The van der Waals surface area contributed by atoms with Crippen molar-refractivity contribution in [3.05, 3.63) is 41.5 Å². The number of phenolic OH excluding ortho intramolecular Hbond substituents is 1. The van der Waals surface area contributed by atoms with E-state index in [9.17, 15) is 9.90 Å². The van der Waals surface area contributed by atoms with E-state index in [-0.39, 0.29) is 11.7 Å². The maximum atomic E-state index is 13.0. The van der Waals surface area contributed by atoms with Crippen LogP contribution in [0.3, 0.4) is 0 Å². The van der Waals surface area contributed by atoms with Gasteiger partial charge in [0.2, 0.25) is 0 Å². The van der Waals surface area contributed by atoms with Crippen LogP contribution in [0, 0.1) is 18.8 Å². The molecule has 3 heteroatoms. The Labute approximate surface area is 143 Å². The summed E-state index contributed by atoms with van der Waals surface area (Å²) in [5.41, 5.74) is 1.69. The highest BCUT2D eigenvalue weighted by atomic mass is 16.3. The van der Waals surface area contributed by atoms with Gasteiger partial charge in [-0.05, 0) is 73.5 Å². The van der Waals surface area contributed by atoms with Crippen LogP contribution in [0.5, 0.6) is 5.75 Å². The van der Waals surface area contributed by atoms with Gasteiger partial charge in [-0.3, -0.25) is 4.79 Å². The lowest BCUT2D eigenvalue weighted by Crippen LogP contribution is -2.39. The molecule has 1 N–H and O–H groups in total. The Kier molecular flexibility index (Phi) is 4.05. The second kappa shape index (κ2) is 6.21. The summed E-state index contributed by atoms with van der Waals surface area (Å²) in [5.74, 6) is 1.61. The largest absolute Gasteiger partial charge is 0.508 e. The highest BCUT2D eigenvalue weighted by Gasteiger charge is 2.30. The van der Waals surface area contributed by atoms with Gasteiger partial charge in [0.1, 0.15) is 5.75 Å². The molecule has 1 aliphatic carbocycles. The summed E-state index contributed by atoms with van der Waals surface area (Å²) in [5, 5.41) is 11.9. The van der Waals surface area contributed by atoms with Crippen molar-refractivity contribution >= 4 is 16.6 Å². The Hall–Kier alpha value is -1.87. The van der Waals surface area contributed by atoms with Crippen molar-refractivity contribution in [2.24, 2.45) is 11.8 Å². The second-order valence-corrected chi connectivity index (χ2v) is 7.55. The SMILES string of the molecule is Cc1c(O)ccc2cc(C(=O)C3CCCN(CC4CC4)C3)ccc12. The summed E-state index contributed by atoms with van der Waals surface area (Å²) in [6, 6.07) is 9.50. The molecule has 1 saturated carbocycles. The summed E-state index contributed by atoms with van der Waals surface area (Å²) < 4.78 is 0. The Morgan fingerprint density at radius 2 is 2.04 bits per heavy atom. The molecule has 2 fully saturated rings. The molecule has 2 aromatic rings. The number of benzene rings is 2. The zero-order valence-corrected chi connectivity index (χ0v) is 14.3. The molecular formula is C21H25NO2. The molecule has 0 bridgehead atoms. The van der Waals surface area contributed by atoms with Crippen molar-refractivity contribution in [3.63, 3.8) is 0 Å². The number of aryl methyl sites for hydroxylation is 1. The molecule has 0 spiro atoms. The third-order valence-electron chi connectivity index (χ3n) is 5.63. The minimum Gasteiger partial charge on any atom is -0.508 e. The standard InChI is InChI=1S/C21H25NO2/c1-14-19-8-6-17(11-16(19)7-9-20(14)23)21(24)18-3-2-10-22(13-18)12-15-4-5-15/h6-9,11,15,18,23H,2-5,10,12-13H2,1H3. The molecule has 1 aliphatic heterocycles. The van der Waals surface area contributed by atoms with Crippen molar-refractivity contribution in [2.45, 2.75) is 32.6 Å². The number of hydrogen-bond donors (Lipinski definition) is 1. The van der Waals surface area contributed by atoms with E-state index in [2.05, 4.69) is 4.90 Å². The van der Waals surface area contributed by atoms with Crippen molar-refractivity contribution < 1.29 is 9.90 Å². The van der Waals surface area contributed by atoms with E-state index in [4.69, 9.17) is 0 Å². The fourth-order valence-electron chi connectivity index (χ4n) is 3.96. The highest BCUT2D eigenvalue weighted by Crippen LogP contribution is 2.32. The third-order valence-corrected chi connectivity index (χ3v) is 5.63. The summed E-state index contributed by atoms with van der Waals surface area (Å²) in [7, 11) is 0. The Morgan fingerprint density at radius 3 is 2.83 bits per heavy atom. The van der Waals surface area contributed by atoms with Crippen LogP contribution in [-0.2, 0) is 0 Å². The number of fused-ring (bicyclic) bond motifs is 1. The summed E-state index contributed by atoms with van der Waals surface area (Å²) >= 11 is 0. The van der Waals surface area contributed by atoms with Crippen LogP contribution < -0.4 is 0 Å². The van der Waals surface area contributed by atoms with Crippen LogP contribution in [0.4, 0.5) is 0 Å². The van der Waals surface area contributed by atoms with Crippen molar-refractivity contribution in [1.82, 2.24) is 4.90 Å². The molecule has 1 atom stereocenters. The van der Waals surface area contributed by atoms with E-state index in [0.717, 1.165) is 53.7 Å². The molecule has 1 saturated heterocycles. The molecule has 24 heavy (non-hydrogen) atoms. The average molecular weight is 323 g/mol. The first-order chi connectivity index (χ1) is 11.6. The molecule has 1 heterocycles.